The molecule has 0 fully saturated rings. The van der Waals surface area contributed by atoms with Crippen LogP contribution in [0.3, 0.4) is 0 Å². The van der Waals surface area contributed by atoms with Crippen molar-refractivity contribution in [2.75, 3.05) is 27.2 Å². The summed E-state index contributed by atoms with van der Waals surface area (Å²) in [5.74, 6) is -2.10. The number of nitrogens with one attached hydrogen (secondary N) is 1. The maximum Gasteiger partial charge on any atom is 0.251 e. The Morgan fingerprint density at radius 3 is 2.24 bits per heavy atom. The van der Waals surface area contributed by atoms with Crippen molar-refractivity contribution < 1.29 is 20.1 Å². The van der Waals surface area contributed by atoms with E-state index in [1.165, 1.54) is 0 Å². The number of carbonyl (C=O) groups excluding carboxylic acids is 1. The number of aromatic hydroxyl groups is 3. The fraction of sp³-hybridized carbons (Fsp3) is 0.364. The highest BCUT2D eigenvalue weighted by atomic mass is 16.3. The summed E-state index contributed by atoms with van der Waals surface area (Å²) < 4.78 is 0. The van der Waals surface area contributed by atoms with E-state index in [0.717, 1.165) is 12.1 Å². The minimum absolute atomic E-state index is 0.0940. The molecule has 0 spiro atoms. The van der Waals surface area contributed by atoms with Gasteiger partial charge in [-0.2, -0.15) is 0 Å². The van der Waals surface area contributed by atoms with E-state index in [4.69, 9.17) is 5.11 Å². The van der Waals surface area contributed by atoms with Gasteiger partial charge >= 0.3 is 0 Å². The van der Waals surface area contributed by atoms with Crippen LogP contribution in [0.1, 0.15) is 10.4 Å². The quantitative estimate of drug-likeness (QED) is 0.560. The van der Waals surface area contributed by atoms with Crippen molar-refractivity contribution in [3.05, 3.63) is 17.7 Å². The van der Waals surface area contributed by atoms with Gasteiger partial charge in [0.1, 0.15) is 0 Å². The molecule has 1 amide bonds. The summed E-state index contributed by atoms with van der Waals surface area (Å²) in [6.45, 7) is 1.13. The Bertz CT molecular complexity index is 395. The molecule has 0 atom stereocenters. The molecule has 0 heterocycles. The SMILES string of the molecule is CN(C)CCNC(=O)c1cc(O)c(O)c(O)c1. The van der Waals surface area contributed by atoms with Crippen molar-refractivity contribution in [3.8, 4) is 17.2 Å². The number of phenolic OH excluding ortho intramolecular Hbond substituents is 3. The summed E-state index contributed by atoms with van der Waals surface area (Å²) in [5, 5.41) is 30.2. The number of hydrogen-bond donors (Lipinski definition) is 4. The number of rotatable bonds is 4. The minimum Gasteiger partial charge on any atom is -0.504 e. The van der Waals surface area contributed by atoms with Gasteiger partial charge in [0.25, 0.3) is 5.91 Å². The van der Waals surface area contributed by atoms with Crippen LogP contribution in [0, 0.1) is 0 Å². The second-order valence-electron chi connectivity index (χ2n) is 3.92. The molecule has 4 N–H and O–H groups in total. The summed E-state index contributed by atoms with van der Waals surface area (Å²) >= 11 is 0. The van der Waals surface area contributed by atoms with Crippen LogP contribution in [0.4, 0.5) is 0 Å². The van der Waals surface area contributed by atoms with Gasteiger partial charge in [0.05, 0.1) is 0 Å². The van der Waals surface area contributed by atoms with Gasteiger partial charge in [0.2, 0.25) is 0 Å². The summed E-state index contributed by atoms with van der Waals surface area (Å²) in [4.78, 5) is 13.5. The molecule has 0 unspecified atom stereocenters. The average molecular weight is 240 g/mol. The Balaban J connectivity index is 2.70. The summed E-state index contributed by atoms with van der Waals surface area (Å²) in [7, 11) is 3.76. The molecule has 0 saturated heterocycles. The molecule has 0 aliphatic heterocycles. The number of benzene rings is 1. The zero-order chi connectivity index (χ0) is 13.0. The Kier molecular flexibility index (Phi) is 4.17. The molecule has 0 radical (unpaired) electrons. The maximum atomic E-state index is 11.6. The number of hydrogen-bond acceptors (Lipinski definition) is 5. The van der Waals surface area contributed by atoms with Crippen molar-refractivity contribution in [2.45, 2.75) is 0 Å². The summed E-state index contributed by atoms with van der Waals surface area (Å²) in [6, 6.07) is 2.19. The zero-order valence-corrected chi connectivity index (χ0v) is 9.77. The van der Waals surface area contributed by atoms with Crippen molar-refractivity contribution in [2.24, 2.45) is 0 Å². The number of nitrogens with zero attached hydrogens (tertiary/aromatic N) is 1. The molecule has 1 aromatic rings. The monoisotopic (exact) mass is 240 g/mol. The third-order valence-electron chi connectivity index (χ3n) is 2.18. The van der Waals surface area contributed by atoms with Crippen LogP contribution in [-0.4, -0.2) is 53.3 Å². The van der Waals surface area contributed by atoms with Gasteiger partial charge in [-0.05, 0) is 26.2 Å². The molecule has 0 bridgehead atoms. The van der Waals surface area contributed by atoms with Gasteiger partial charge in [-0.25, -0.2) is 0 Å². The predicted octanol–water partition coefficient (Wildman–Crippen LogP) is 0.0948. The molecule has 1 rings (SSSR count). The van der Waals surface area contributed by atoms with Gasteiger partial charge in [0.15, 0.2) is 17.2 Å². The third-order valence-corrected chi connectivity index (χ3v) is 2.18. The molecule has 6 heteroatoms. The molecule has 94 valence electrons. The fourth-order valence-corrected chi connectivity index (χ4v) is 1.23. The van der Waals surface area contributed by atoms with Crippen LogP contribution in [0.2, 0.25) is 0 Å². The summed E-state index contributed by atoms with van der Waals surface area (Å²) in [5.41, 5.74) is 0.0940. The van der Waals surface area contributed by atoms with E-state index in [2.05, 4.69) is 5.32 Å². The standard InChI is InChI=1S/C11H16N2O4/c1-13(2)4-3-12-11(17)7-5-8(14)10(16)9(15)6-7/h5-6,14-16H,3-4H2,1-2H3,(H,12,17). The van der Waals surface area contributed by atoms with Crippen LogP contribution < -0.4 is 5.32 Å². The summed E-state index contributed by atoms with van der Waals surface area (Å²) in [6.07, 6.45) is 0. The van der Waals surface area contributed by atoms with Crippen LogP contribution in [0.5, 0.6) is 17.2 Å². The lowest BCUT2D eigenvalue weighted by molar-refractivity contribution is 0.0950. The highest BCUT2D eigenvalue weighted by molar-refractivity contribution is 5.95. The second-order valence-corrected chi connectivity index (χ2v) is 3.92. The lowest BCUT2D eigenvalue weighted by Crippen LogP contribution is -2.31. The first kappa shape index (κ1) is 13.1. The maximum absolute atomic E-state index is 11.6. The zero-order valence-electron chi connectivity index (χ0n) is 9.77. The molecular formula is C11H16N2O4. The van der Waals surface area contributed by atoms with Gasteiger partial charge in [-0.1, -0.05) is 0 Å². The first-order valence-electron chi connectivity index (χ1n) is 5.09. The Labute approximate surface area is 99.1 Å². The van der Waals surface area contributed by atoms with Gasteiger partial charge < -0.3 is 25.5 Å². The van der Waals surface area contributed by atoms with E-state index >= 15 is 0 Å². The predicted molar refractivity (Wildman–Crippen MR) is 62.3 cm³/mol. The lowest BCUT2D eigenvalue weighted by atomic mass is 10.1. The van der Waals surface area contributed by atoms with E-state index in [1.54, 1.807) is 0 Å². The fourth-order valence-electron chi connectivity index (χ4n) is 1.23. The molecule has 6 nitrogen and oxygen atoms in total. The Morgan fingerprint density at radius 1 is 1.24 bits per heavy atom. The van der Waals surface area contributed by atoms with E-state index in [9.17, 15) is 15.0 Å². The topological polar surface area (TPSA) is 93.0 Å². The van der Waals surface area contributed by atoms with Gasteiger partial charge in [0, 0.05) is 18.7 Å². The Morgan fingerprint density at radius 2 is 1.76 bits per heavy atom. The van der Waals surface area contributed by atoms with Gasteiger partial charge in [-0.3, -0.25) is 4.79 Å². The molecule has 0 aliphatic rings. The number of likely N-dealkylation sites (N-methyl/N-ethyl adjacent to an activating group) is 1. The van der Waals surface area contributed by atoms with Crippen molar-refractivity contribution in [1.29, 1.82) is 0 Å². The van der Waals surface area contributed by atoms with E-state index in [-0.39, 0.29) is 5.56 Å². The molecular weight excluding hydrogens is 224 g/mol. The number of amides is 1. The first-order chi connectivity index (χ1) is 7.91. The minimum atomic E-state index is -0.630. The van der Waals surface area contributed by atoms with E-state index in [0.29, 0.717) is 13.1 Å². The number of phenols is 3. The highest BCUT2D eigenvalue weighted by Crippen LogP contribution is 2.35. The third kappa shape index (κ3) is 3.53. The van der Waals surface area contributed by atoms with Crippen LogP contribution in [0.15, 0.2) is 12.1 Å². The average Bonchev–Trinajstić information content (AvgIpc) is 2.24. The van der Waals surface area contributed by atoms with Crippen molar-refractivity contribution in [1.82, 2.24) is 10.2 Å². The van der Waals surface area contributed by atoms with E-state index < -0.39 is 23.2 Å². The molecule has 0 aromatic heterocycles. The molecule has 17 heavy (non-hydrogen) atoms. The second kappa shape index (κ2) is 5.40. The van der Waals surface area contributed by atoms with Crippen molar-refractivity contribution in [3.63, 3.8) is 0 Å². The van der Waals surface area contributed by atoms with Gasteiger partial charge in [-0.15, -0.1) is 0 Å². The van der Waals surface area contributed by atoms with Crippen LogP contribution in [0.25, 0.3) is 0 Å². The largest absolute Gasteiger partial charge is 0.504 e. The normalized spacial score (nSPS) is 10.5. The van der Waals surface area contributed by atoms with Crippen molar-refractivity contribution >= 4 is 5.91 Å². The highest BCUT2D eigenvalue weighted by Gasteiger charge is 2.12. The van der Waals surface area contributed by atoms with E-state index in [1.807, 2.05) is 19.0 Å². The smallest absolute Gasteiger partial charge is 0.251 e. The van der Waals surface area contributed by atoms with Crippen LogP contribution >= 0.6 is 0 Å². The molecule has 1 aromatic carbocycles. The lowest BCUT2D eigenvalue weighted by Gasteiger charge is -2.11. The molecule has 0 saturated carbocycles. The molecule has 0 aliphatic carbocycles. The number of carbonyl (C=O) groups is 1. The Hall–Kier alpha value is -1.95. The van der Waals surface area contributed by atoms with Crippen LogP contribution in [-0.2, 0) is 0 Å². The first-order valence-corrected chi connectivity index (χ1v) is 5.09.